The minimum absolute atomic E-state index is 0.313. The number of aliphatic imine (C=N–C) groups is 1. The molecular formula is C17H12BrNO2. The minimum atomic E-state index is -0.423. The molecule has 0 aliphatic carbocycles. The molecule has 2 aromatic carbocycles. The summed E-state index contributed by atoms with van der Waals surface area (Å²) in [5.74, 6) is -0.0724. The zero-order valence-electron chi connectivity index (χ0n) is 11.3. The van der Waals surface area contributed by atoms with Crippen LogP contribution in [-0.4, -0.2) is 11.9 Å². The standard InChI is InChI=1S/C17H12BrNO2/c1-11-2-6-13(7-3-11)16-19-15(17(20)21-16)10-12-4-8-14(18)9-5-12/h2-10H,1H3. The molecule has 0 radical (unpaired) electrons. The Balaban J connectivity index is 1.91. The lowest BCUT2D eigenvalue weighted by Gasteiger charge is -1.99. The first kappa shape index (κ1) is 13.8. The first-order valence-corrected chi connectivity index (χ1v) is 7.26. The van der Waals surface area contributed by atoms with Crippen LogP contribution >= 0.6 is 15.9 Å². The number of carbonyl (C=O) groups excluding carboxylic acids is 1. The van der Waals surface area contributed by atoms with Crippen LogP contribution in [0.15, 0.2) is 63.7 Å². The van der Waals surface area contributed by atoms with Gasteiger partial charge in [0.25, 0.3) is 0 Å². The van der Waals surface area contributed by atoms with Crippen molar-refractivity contribution in [3.8, 4) is 0 Å². The SMILES string of the molecule is Cc1ccc(C2=NC(=Cc3ccc(Br)cc3)C(=O)O2)cc1. The Morgan fingerprint density at radius 2 is 1.71 bits per heavy atom. The number of ether oxygens (including phenoxy) is 1. The number of rotatable bonds is 2. The van der Waals surface area contributed by atoms with Crippen molar-refractivity contribution < 1.29 is 9.53 Å². The number of esters is 1. The summed E-state index contributed by atoms with van der Waals surface area (Å²) < 4.78 is 6.22. The Morgan fingerprint density at radius 1 is 1.05 bits per heavy atom. The molecule has 104 valence electrons. The predicted molar refractivity (Wildman–Crippen MR) is 85.9 cm³/mol. The summed E-state index contributed by atoms with van der Waals surface area (Å²) in [7, 11) is 0. The van der Waals surface area contributed by atoms with Gasteiger partial charge < -0.3 is 4.74 Å². The number of carbonyl (C=O) groups is 1. The zero-order chi connectivity index (χ0) is 14.8. The summed E-state index contributed by atoms with van der Waals surface area (Å²) >= 11 is 3.38. The average Bonchev–Trinajstić information content (AvgIpc) is 2.83. The molecule has 1 heterocycles. The summed E-state index contributed by atoms with van der Waals surface area (Å²) in [5, 5.41) is 0. The van der Waals surface area contributed by atoms with Crippen LogP contribution in [-0.2, 0) is 9.53 Å². The molecule has 0 atom stereocenters. The molecule has 0 amide bonds. The lowest BCUT2D eigenvalue weighted by molar-refractivity contribution is -0.129. The van der Waals surface area contributed by atoms with E-state index < -0.39 is 5.97 Å². The molecule has 1 aliphatic heterocycles. The van der Waals surface area contributed by atoms with Gasteiger partial charge in [-0.1, -0.05) is 45.8 Å². The molecule has 0 unspecified atom stereocenters. The molecule has 3 nitrogen and oxygen atoms in total. The van der Waals surface area contributed by atoms with E-state index in [1.807, 2.05) is 55.5 Å². The molecule has 0 saturated heterocycles. The van der Waals surface area contributed by atoms with Gasteiger partial charge in [0.1, 0.15) is 0 Å². The summed E-state index contributed by atoms with van der Waals surface area (Å²) in [6.45, 7) is 2.01. The lowest BCUT2D eigenvalue weighted by atomic mass is 10.1. The van der Waals surface area contributed by atoms with Crippen molar-refractivity contribution in [1.82, 2.24) is 0 Å². The van der Waals surface area contributed by atoms with Crippen LogP contribution in [0.25, 0.3) is 6.08 Å². The van der Waals surface area contributed by atoms with E-state index in [2.05, 4.69) is 20.9 Å². The van der Waals surface area contributed by atoms with Crippen LogP contribution in [0.1, 0.15) is 16.7 Å². The van der Waals surface area contributed by atoms with Crippen LogP contribution in [0, 0.1) is 6.92 Å². The molecule has 21 heavy (non-hydrogen) atoms. The molecule has 4 heteroatoms. The lowest BCUT2D eigenvalue weighted by Crippen LogP contribution is -2.05. The summed E-state index contributed by atoms with van der Waals surface area (Å²) in [4.78, 5) is 16.2. The third-order valence-corrected chi connectivity index (χ3v) is 3.62. The first-order chi connectivity index (χ1) is 10.1. The van der Waals surface area contributed by atoms with Gasteiger partial charge in [-0.3, -0.25) is 0 Å². The summed E-state index contributed by atoms with van der Waals surface area (Å²) in [6, 6.07) is 15.3. The van der Waals surface area contributed by atoms with Crippen molar-refractivity contribution in [3.05, 3.63) is 75.4 Å². The van der Waals surface area contributed by atoms with E-state index in [0.717, 1.165) is 21.2 Å². The van der Waals surface area contributed by atoms with Crippen molar-refractivity contribution in [3.63, 3.8) is 0 Å². The molecule has 1 aliphatic rings. The molecule has 0 fully saturated rings. The number of hydrogen-bond donors (Lipinski definition) is 0. The van der Waals surface area contributed by atoms with E-state index in [1.165, 1.54) is 0 Å². The number of nitrogens with zero attached hydrogens (tertiary/aromatic N) is 1. The second-order valence-corrected chi connectivity index (χ2v) is 5.67. The Morgan fingerprint density at radius 3 is 2.38 bits per heavy atom. The summed E-state index contributed by atoms with van der Waals surface area (Å²) in [6.07, 6.45) is 1.72. The first-order valence-electron chi connectivity index (χ1n) is 6.47. The minimum Gasteiger partial charge on any atom is -0.402 e. The van der Waals surface area contributed by atoms with E-state index in [4.69, 9.17) is 4.74 Å². The molecular weight excluding hydrogens is 330 g/mol. The maximum absolute atomic E-state index is 11.9. The van der Waals surface area contributed by atoms with E-state index >= 15 is 0 Å². The van der Waals surface area contributed by atoms with Gasteiger partial charge in [-0.25, -0.2) is 9.79 Å². The number of hydrogen-bond acceptors (Lipinski definition) is 3. The van der Waals surface area contributed by atoms with Gasteiger partial charge in [0.05, 0.1) is 0 Å². The van der Waals surface area contributed by atoms with Crippen molar-refractivity contribution in [2.75, 3.05) is 0 Å². The number of benzene rings is 2. The highest BCUT2D eigenvalue weighted by molar-refractivity contribution is 9.10. The van der Waals surface area contributed by atoms with Crippen molar-refractivity contribution in [2.24, 2.45) is 4.99 Å². The molecule has 0 bridgehead atoms. The fourth-order valence-electron chi connectivity index (χ4n) is 1.95. The average molecular weight is 342 g/mol. The van der Waals surface area contributed by atoms with Gasteiger partial charge in [0, 0.05) is 10.0 Å². The highest BCUT2D eigenvalue weighted by Gasteiger charge is 2.23. The van der Waals surface area contributed by atoms with Crippen LogP contribution in [0.5, 0.6) is 0 Å². The van der Waals surface area contributed by atoms with E-state index in [1.54, 1.807) is 6.08 Å². The highest BCUT2D eigenvalue weighted by atomic mass is 79.9. The zero-order valence-corrected chi connectivity index (χ0v) is 12.9. The van der Waals surface area contributed by atoms with Gasteiger partial charge in [0.15, 0.2) is 5.70 Å². The molecule has 2 aromatic rings. The number of aryl methyl sites for hydroxylation is 1. The predicted octanol–water partition coefficient (Wildman–Crippen LogP) is 4.10. The maximum Gasteiger partial charge on any atom is 0.363 e. The molecule has 0 N–H and O–H groups in total. The quantitative estimate of drug-likeness (QED) is 0.609. The maximum atomic E-state index is 11.9. The van der Waals surface area contributed by atoms with Gasteiger partial charge in [-0.05, 0) is 42.8 Å². The second-order valence-electron chi connectivity index (χ2n) is 4.75. The largest absolute Gasteiger partial charge is 0.402 e. The van der Waals surface area contributed by atoms with Gasteiger partial charge in [-0.15, -0.1) is 0 Å². The molecule has 0 aromatic heterocycles. The molecule has 0 spiro atoms. The fourth-order valence-corrected chi connectivity index (χ4v) is 2.21. The van der Waals surface area contributed by atoms with Crippen LogP contribution in [0.3, 0.4) is 0 Å². The van der Waals surface area contributed by atoms with Gasteiger partial charge in [-0.2, -0.15) is 0 Å². The van der Waals surface area contributed by atoms with E-state index in [-0.39, 0.29) is 0 Å². The fraction of sp³-hybridized carbons (Fsp3) is 0.0588. The number of cyclic esters (lactones) is 1. The third kappa shape index (κ3) is 3.11. The Bertz CT molecular complexity index is 743. The van der Waals surface area contributed by atoms with Gasteiger partial charge in [0.2, 0.25) is 5.90 Å². The molecule has 3 rings (SSSR count). The van der Waals surface area contributed by atoms with Crippen molar-refractivity contribution in [1.29, 1.82) is 0 Å². The van der Waals surface area contributed by atoms with Crippen LogP contribution in [0.2, 0.25) is 0 Å². The smallest absolute Gasteiger partial charge is 0.363 e. The topological polar surface area (TPSA) is 38.7 Å². The highest BCUT2D eigenvalue weighted by Crippen LogP contribution is 2.20. The van der Waals surface area contributed by atoms with E-state index in [9.17, 15) is 4.79 Å². The Labute approximate surface area is 131 Å². The summed E-state index contributed by atoms with van der Waals surface area (Å²) in [5.41, 5.74) is 3.16. The van der Waals surface area contributed by atoms with Crippen molar-refractivity contribution in [2.45, 2.75) is 6.92 Å². The van der Waals surface area contributed by atoms with Crippen LogP contribution < -0.4 is 0 Å². The van der Waals surface area contributed by atoms with Crippen LogP contribution in [0.4, 0.5) is 0 Å². The monoisotopic (exact) mass is 341 g/mol. The molecule has 0 saturated carbocycles. The van der Waals surface area contributed by atoms with Crippen molar-refractivity contribution >= 4 is 33.9 Å². The second kappa shape index (κ2) is 5.66. The number of halogens is 1. The Hall–Kier alpha value is -2.20. The van der Waals surface area contributed by atoms with E-state index in [0.29, 0.717) is 11.6 Å². The third-order valence-electron chi connectivity index (χ3n) is 3.09. The Kier molecular flexibility index (Phi) is 3.71. The van der Waals surface area contributed by atoms with Gasteiger partial charge >= 0.3 is 5.97 Å². The normalized spacial score (nSPS) is 16.0.